The number of rotatable bonds is 6. The quantitative estimate of drug-likeness (QED) is 0.576. The Hall–Kier alpha value is -1.83. The third-order valence-electron chi connectivity index (χ3n) is 4.12. The van der Waals surface area contributed by atoms with Crippen molar-refractivity contribution in [1.29, 1.82) is 0 Å². The summed E-state index contributed by atoms with van der Waals surface area (Å²) in [6.07, 6.45) is 3.71. The Morgan fingerprint density at radius 1 is 1.12 bits per heavy atom. The van der Waals surface area contributed by atoms with Crippen molar-refractivity contribution in [1.82, 2.24) is 9.13 Å². The van der Waals surface area contributed by atoms with Crippen LogP contribution in [0.3, 0.4) is 0 Å². The molecule has 1 aromatic heterocycles. The van der Waals surface area contributed by atoms with Gasteiger partial charge in [0.15, 0.2) is 0 Å². The molecule has 0 saturated carbocycles. The molecule has 1 aromatic rings. The fourth-order valence-corrected chi connectivity index (χ4v) is 4.38. The number of hydrogen-bond acceptors (Lipinski definition) is 6. The predicted molar refractivity (Wildman–Crippen MR) is 90.4 cm³/mol. The molecule has 0 amide bonds. The Balaban J connectivity index is 2.09. The summed E-state index contributed by atoms with van der Waals surface area (Å²) in [6.45, 7) is 2.67. The maximum absolute atomic E-state index is 12.3. The molecule has 2 heterocycles. The van der Waals surface area contributed by atoms with Crippen LogP contribution in [0.5, 0.6) is 0 Å². The largest absolute Gasteiger partial charge is 0.469 e. The summed E-state index contributed by atoms with van der Waals surface area (Å²) in [7, 11) is 1.37. The van der Waals surface area contributed by atoms with Gasteiger partial charge >= 0.3 is 11.7 Å². The van der Waals surface area contributed by atoms with E-state index in [1.165, 1.54) is 21.0 Å². The van der Waals surface area contributed by atoms with E-state index in [1.807, 2.05) is 0 Å². The SMILES string of the molecule is COC(=O)CCCCCC1SCc2c1n(C(C)=O)c(=O)n2C(C)=O. The van der Waals surface area contributed by atoms with Crippen LogP contribution in [-0.4, -0.2) is 34.0 Å². The second kappa shape index (κ2) is 7.83. The van der Waals surface area contributed by atoms with Crippen LogP contribution >= 0.6 is 11.8 Å². The van der Waals surface area contributed by atoms with Crippen molar-refractivity contribution in [3.63, 3.8) is 0 Å². The van der Waals surface area contributed by atoms with Gasteiger partial charge in [0.1, 0.15) is 0 Å². The van der Waals surface area contributed by atoms with Crippen LogP contribution in [-0.2, 0) is 15.3 Å². The average molecular weight is 354 g/mol. The zero-order chi connectivity index (χ0) is 17.9. The van der Waals surface area contributed by atoms with E-state index in [-0.39, 0.29) is 23.0 Å². The lowest BCUT2D eigenvalue weighted by atomic mass is 10.1. The number of hydrogen-bond donors (Lipinski definition) is 0. The number of ether oxygens (including phenoxy) is 1. The zero-order valence-corrected chi connectivity index (χ0v) is 15.0. The first-order valence-corrected chi connectivity index (χ1v) is 9.00. The van der Waals surface area contributed by atoms with Crippen molar-refractivity contribution in [2.24, 2.45) is 0 Å². The van der Waals surface area contributed by atoms with Gasteiger partial charge in [-0.2, -0.15) is 0 Å². The number of fused-ring (bicyclic) bond motifs is 1. The number of carbonyl (C=O) groups is 3. The summed E-state index contributed by atoms with van der Waals surface area (Å²) in [5.74, 6) is -0.390. The van der Waals surface area contributed by atoms with Gasteiger partial charge < -0.3 is 4.74 Å². The summed E-state index contributed by atoms with van der Waals surface area (Å²) in [4.78, 5) is 47.0. The fourth-order valence-electron chi connectivity index (χ4n) is 3.02. The molecule has 7 nitrogen and oxygen atoms in total. The molecule has 1 aliphatic rings. The zero-order valence-electron chi connectivity index (χ0n) is 14.2. The Morgan fingerprint density at radius 2 is 1.79 bits per heavy atom. The number of thioether (sulfide) groups is 1. The first-order chi connectivity index (χ1) is 11.4. The number of methoxy groups -OCH3 is 1. The van der Waals surface area contributed by atoms with Gasteiger partial charge in [-0.1, -0.05) is 12.8 Å². The first kappa shape index (κ1) is 18.5. The summed E-state index contributed by atoms with van der Waals surface area (Å²) in [5, 5.41) is 0.0235. The lowest BCUT2D eigenvalue weighted by Crippen LogP contribution is -2.31. The average Bonchev–Trinajstić information content (AvgIpc) is 3.03. The molecule has 24 heavy (non-hydrogen) atoms. The Kier molecular flexibility index (Phi) is 6.04. The van der Waals surface area contributed by atoms with Gasteiger partial charge in [0.05, 0.1) is 18.5 Å². The molecule has 1 atom stereocenters. The van der Waals surface area contributed by atoms with Gasteiger partial charge in [-0.05, 0) is 12.8 Å². The monoisotopic (exact) mass is 354 g/mol. The van der Waals surface area contributed by atoms with E-state index in [9.17, 15) is 19.2 Å². The third-order valence-corrected chi connectivity index (χ3v) is 5.42. The van der Waals surface area contributed by atoms with Crippen LogP contribution in [0.2, 0.25) is 0 Å². The summed E-state index contributed by atoms with van der Waals surface area (Å²) >= 11 is 1.64. The number of aromatic nitrogens is 2. The Morgan fingerprint density at radius 3 is 2.38 bits per heavy atom. The molecule has 0 bridgehead atoms. The van der Waals surface area contributed by atoms with Gasteiger partial charge in [-0.3, -0.25) is 14.4 Å². The predicted octanol–water partition coefficient (Wildman–Crippen LogP) is 2.38. The lowest BCUT2D eigenvalue weighted by molar-refractivity contribution is -0.140. The highest BCUT2D eigenvalue weighted by Crippen LogP contribution is 2.44. The molecule has 0 aromatic carbocycles. The molecule has 1 aliphatic heterocycles. The summed E-state index contributed by atoms with van der Waals surface area (Å²) < 4.78 is 6.85. The van der Waals surface area contributed by atoms with E-state index in [0.717, 1.165) is 34.8 Å². The molecule has 2 rings (SSSR count). The molecule has 0 fully saturated rings. The van der Waals surface area contributed by atoms with Crippen LogP contribution < -0.4 is 5.69 Å². The normalized spacial score (nSPS) is 16.0. The summed E-state index contributed by atoms with van der Waals surface area (Å²) in [6, 6.07) is 0. The molecule has 0 N–H and O–H groups in total. The standard InChI is InChI=1S/C16H22N2O5S/c1-10(19)17-12-9-24-13(7-5-4-6-8-14(21)23-3)15(12)18(11(2)20)16(17)22/h13H,4-9H2,1-3H3. The van der Waals surface area contributed by atoms with E-state index in [1.54, 1.807) is 11.8 Å². The van der Waals surface area contributed by atoms with E-state index in [2.05, 4.69) is 4.74 Å². The summed E-state index contributed by atoms with van der Waals surface area (Å²) in [5.41, 5.74) is 0.754. The molecule has 0 aliphatic carbocycles. The number of unbranched alkanes of at least 4 members (excludes halogenated alkanes) is 2. The highest BCUT2D eigenvalue weighted by Gasteiger charge is 2.34. The molecular formula is C16H22N2O5S. The molecule has 0 spiro atoms. The van der Waals surface area contributed by atoms with E-state index in [4.69, 9.17) is 0 Å². The lowest BCUT2D eigenvalue weighted by Gasteiger charge is -2.11. The molecule has 8 heteroatoms. The third kappa shape index (κ3) is 3.63. The highest BCUT2D eigenvalue weighted by molar-refractivity contribution is 7.99. The van der Waals surface area contributed by atoms with Crippen molar-refractivity contribution < 1.29 is 19.1 Å². The fraction of sp³-hybridized carbons (Fsp3) is 0.625. The maximum Gasteiger partial charge on any atom is 0.342 e. The smallest absolute Gasteiger partial charge is 0.342 e. The van der Waals surface area contributed by atoms with E-state index < -0.39 is 5.69 Å². The van der Waals surface area contributed by atoms with Crippen molar-refractivity contribution in [3.05, 3.63) is 21.9 Å². The van der Waals surface area contributed by atoms with Gasteiger partial charge in [0.2, 0.25) is 11.8 Å². The topological polar surface area (TPSA) is 87.4 Å². The number of carbonyl (C=O) groups excluding carboxylic acids is 3. The highest BCUT2D eigenvalue weighted by atomic mass is 32.2. The minimum absolute atomic E-state index is 0.0235. The van der Waals surface area contributed by atoms with Crippen LogP contribution in [0.25, 0.3) is 0 Å². The minimum atomic E-state index is -0.559. The van der Waals surface area contributed by atoms with Crippen LogP contribution in [0, 0.1) is 0 Å². The van der Waals surface area contributed by atoms with Crippen LogP contribution in [0.1, 0.15) is 72.2 Å². The van der Waals surface area contributed by atoms with Crippen LogP contribution in [0.15, 0.2) is 4.79 Å². The molecule has 132 valence electrons. The van der Waals surface area contributed by atoms with Crippen molar-refractivity contribution in [2.45, 2.75) is 57.0 Å². The van der Waals surface area contributed by atoms with Crippen LogP contribution in [0.4, 0.5) is 0 Å². The van der Waals surface area contributed by atoms with Crippen molar-refractivity contribution in [2.75, 3.05) is 7.11 Å². The van der Waals surface area contributed by atoms with Crippen molar-refractivity contribution in [3.8, 4) is 0 Å². The second-order valence-corrected chi connectivity index (χ2v) is 6.99. The second-order valence-electron chi connectivity index (χ2n) is 5.80. The van der Waals surface area contributed by atoms with Gasteiger partial charge in [0.25, 0.3) is 0 Å². The number of esters is 1. The molecule has 0 radical (unpaired) electrons. The molecule has 0 saturated heterocycles. The van der Waals surface area contributed by atoms with E-state index >= 15 is 0 Å². The molecule has 1 unspecified atom stereocenters. The minimum Gasteiger partial charge on any atom is -0.469 e. The van der Waals surface area contributed by atoms with E-state index in [0.29, 0.717) is 23.6 Å². The Bertz CT molecular complexity index is 719. The van der Waals surface area contributed by atoms with Gasteiger partial charge in [-0.15, -0.1) is 11.8 Å². The number of imidazole rings is 1. The maximum atomic E-state index is 12.3. The molecular weight excluding hydrogens is 332 g/mol. The first-order valence-electron chi connectivity index (χ1n) is 7.95. The van der Waals surface area contributed by atoms with Gasteiger partial charge in [0, 0.05) is 31.3 Å². The number of nitrogens with zero attached hydrogens (tertiary/aromatic N) is 2. The Labute approximate surface area is 144 Å². The van der Waals surface area contributed by atoms with Crippen molar-refractivity contribution >= 4 is 29.5 Å². The van der Waals surface area contributed by atoms with Gasteiger partial charge in [-0.25, -0.2) is 13.9 Å².